The minimum Gasteiger partial charge on any atom is -0.397 e. The summed E-state index contributed by atoms with van der Waals surface area (Å²) in [5.41, 5.74) is 7.66. The smallest absolute Gasteiger partial charge is 0.240 e. The topological polar surface area (TPSA) is 75.4 Å². The van der Waals surface area contributed by atoms with Crippen LogP contribution in [-0.4, -0.2) is 28.1 Å². The molecule has 21 heavy (non-hydrogen) atoms. The normalized spacial score (nSPS) is 25.9. The lowest BCUT2D eigenvalue weighted by Gasteiger charge is -2.34. The Bertz CT molecular complexity index is 630. The highest BCUT2D eigenvalue weighted by molar-refractivity contribution is 7.89. The van der Waals surface area contributed by atoms with Crippen molar-refractivity contribution in [2.24, 2.45) is 5.92 Å². The molecule has 0 amide bonds. The van der Waals surface area contributed by atoms with E-state index in [2.05, 4.69) is 9.62 Å². The lowest BCUT2D eigenvalue weighted by atomic mass is 9.85. The highest BCUT2D eigenvalue weighted by Gasteiger charge is 2.36. The van der Waals surface area contributed by atoms with E-state index in [0.717, 1.165) is 18.2 Å². The zero-order valence-corrected chi connectivity index (χ0v) is 13.2. The summed E-state index contributed by atoms with van der Waals surface area (Å²) in [6.45, 7) is 0.975. The molecule has 1 heterocycles. The first-order valence-corrected chi connectivity index (χ1v) is 9.11. The van der Waals surface area contributed by atoms with Crippen LogP contribution in [0.5, 0.6) is 0 Å². The van der Waals surface area contributed by atoms with E-state index >= 15 is 0 Å². The zero-order valence-electron chi connectivity index (χ0n) is 12.4. The fourth-order valence-corrected chi connectivity index (χ4v) is 4.51. The van der Waals surface area contributed by atoms with Crippen molar-refractivity contribution < 1.29 is 8.42 Å². The second-order valence-electron chi connectivity index (χ2n) is 6.02. The number of nitrogens with two attached hydrogens (primary N) is 1. The lowest BCUT2D eigenvalue weighted by Crippen LogP contribution is -2.35. The molecule has 2 aliphatic rings. The van der Waals surface area contributed by atoms with E-state index < -0.39 is 10.0 Å². The maximum Gasteiger partial charge on any atom is 0.240 e. The van der Waals surface area contributed by atoms with E-state index in [1.165, 1.54) is 39.2 Å². The fraction of sp³-hybridized carbons (Fsp3) is 0.600. The van der Waals surface area contributed by atoms with Gasteiger partial charge in [-0.05, 0) is 50.4 Å². The van der Waals surface area contributed by atoms with Crippen LogP contribution >= 0.6 is 0 Å². The predicted octanol–water partition coefficient (Wildman–Crippen LogP) is 1.95. The minimum absolute atomic E-state index is 0.286. The molecule has 2 unspecified atom stereocenters. The maximum atomic E-state index is 12.0. The van der Waals surface area contributed by atoms with Crippen LogP contribution in [0.4, 0.5) is 11.4 Å². The number of sulfonamides is 1. The fourth-order valence-electron chi connectivity index (χ4n) is 3.76. The third kappa shape index (κ3) is 2.62. The van der Waals surface area contributed by atoms with Crippen molar-refractivity contribution in [1.82, 2.24) is 4.72 Å². The molecule has 0 bridgehead atoms. The lowest BCUT2D eigenvalue weighted by molar-refractivity contribution is 0.342. The summed E-state index contributed by atoms with van der Waals surface area (Å²) in [5.74, 6) is 0.739. The average Bonchev–Trinajstić information content (AvgIpc) is 2.91. The Morgan fingerprint density at radius 1 is 1.24 bits per heavy atom. The van der Waals surface area contributed by atoms with Gasteiger partial charge in [-0.2, -0.15) is 0 Å². The molecule has 2 fully saturated rings. The summed E-state index contributed by atoms with van der Waals surface area (Å²) in [7, 11) is -2.00. The van der Waals surface area contributed by atoms with Gasteiger partial charge in [-0.15, -0.1) is 0 Å². The van der Waals surface area contributed by atoms with Crippen LogP contribution in [0.25, 0.3) is 0 Å². The SMILES string of the molecule is CNS(=O)(=O)c1ccc(N)c(N2CCC3CCCCC32)c1. The number of hydrogen-bond acceptors (Lipinski definition) is 4. The van der Waals surface area contributed by atoms with Crippen molar-refractivity contribution in [1.29, 1.82) is 0 Å². The Morgan fingerprint density at radius 3 is 2.76 bits per heavy atom. The molecule has 1 aromatic carbocycles. The van der Waals surface area contributed by atoms with Gasteiger partial charge < -0.3 is 10.6 Å². The van der Waals surface area contributed by atoms with Crippen molar-refractivity contribution in [3.8, 4) is 0 Å². The van der Waals surface area contributed by atoms with E-state index in [1.807, 2.05) is 0 Å². The zero-order chi connectivity index (χ0) is 15.0. The quantitative estimate of drug-likeness (QED) is 0.837. The molecule has 1 saturated carbocycles. The summed E-state index contributed by atoms with van der Waals surface area (Å²) in [6.07, 6.45) is 6.24. The van der Waals surface area contributed by atoms with Crippen molar-refractivity contribution in [3.63, 3.8) is 0 Å². The van der Waals surface area contributed by atoms with Gasteiger partial charge in [-0.25, -0.2) is 13.1 Å². The molecule has 1 saturated heterocycles. The molecule has 2 atom stereocenters. The number of nitrogen functional groups attached to an aromatic ring is 1. The number of nitrogens with one attached hydrogen (secondary N) is 1. The van der Waals surface area contributed by atoms with Gasteiger partial charge in [0.15, 0.2) is 0 Å². The first-order chi connectivity index (χ1) is 10.0. The van der Waals surface area contributed by atoms with Gasteiger partial charge in [0.2, 0.25) is 10.0 Å². The van der Waals surface area contributed by atoms with Gasteiger partial charge in [-0.1, -0.05) is 12.8 Å². The Balaban J connectivity index is 1.96. The van der Waals surface area contributed by atoms with Gasteiger partial charge in [0.25, 0.3) is 0 Å². The highest BCUT2D eigenvalue weighted by atomic mass is 32.2. The minimum atomic E-state index is -3.43. The van der Waals surface area contributed by atoms with Crippen molar-refractivity contribution in [2.75, 3.05) is 24.2 Å². The summed E-state index contributed by atoms with van der Waals surface area (Å²) < 4.78 is 26.3. The number of benzene rings is 1. The largest absolute Gasteiger partial charge is 0.397 e. The third-order valence-electron chi connectivity index (χ3n) is 4.90. The van der Waals surface area contributed by atoms with E-state index in [4.69, 9.17) is 5.73 Å². The van der Waals surface area contributed by atoms with Crippen LogP contribution in [0, 0.1) is 5.92 Å². The first kappa shape index (κ1) is 14.7. The van der Waals surface area contributed by atoms with Gasteiger partial charge >= 0.3 is 0 Å². The molecule has 6 heteroatoms. The molecule has 5 nitrogen and oxygen atoms in total. The molecule has 1 aliphatic heterocycles. The second kappa shape index (κ2) is 5.50. The van der Waals surface area contributed by atoms with Crippen LogP contribution in [0.15, 0.2) is 23.1 Å². The average molecular weight is 309 g/mol. The standard InChI is InChI=1S/C15H23N3O2S/c1-17-21(19,20)12-6-7-13(16)15(10-12)18-9-8-11-4-2-3-5-14(11)18/h6-7,10-11,14,17H,2-5,8-9,16H2,1H3. The van der Waals surface area contributed by atoms with Crippen molar-refractivity contribution >= 4 is 21.4 Å². The molecule has 0 radical (unpaired) electrons. The van der Waals surface area contributed by atoms with Crippen LogP contribution in [-0.2, 0) is 10.0 Å². The summed E-state index contributed by atoms with van der Waals surface area (Å²) >= 11 is 0. The van der Waals surface area contributed by atoms with Gasteiger partial charge in [0.1, 0.15) is 0 Å². The Kier molecular flexibility index (Phi) is 3.84. The summed E-state index contributed by atoms with van der Waals surface area (Å²) in [5, 5.41) is 0. The maximum absolute atomic E-state index is 12.0. The third-order valence-corrected chi connectivity index (χ3v) is 6.31. The Morgan fingerprint density at radius 2 is 2.00 bits per heavy atom. The number of anilines is 2. The van der Waals surface area contributed by atoms with E-state index in [-0.39, 0.29) is 4.90 Å². The van der Waals surface area contributed by atoms with E-state index in [0.29, 0.717) is 11.7 Å². The van der Waals surface area contributed by atoms with Crippen molar-refractivity contribution in [3.05, 3.63) is 18.2 Å². The Hall–Kier alpha value is -1.27. The second-order valence-corrected chi connectivity index (χ2v) is 7.91. The number of nitrogens with zero attached hydrogens (tertiary/aromatic N) is 1. The molecule has 3 N–H and O–H groups in total. The highest BCUT2D eigenvalue weighted by Crippen LogP contribution is 2.41. The Labute approximate surface area is 126 Å². The molecular formula is C15H23N3O2S. The van der Waals surface area contributed by atoms with E-state index in [1.54, 1.807) is 18.2 Å². The summed E-state index contributed by atoms with van der Waals surface area (Å²) in [6, 6.07) is 5.51. The van der Waals surface area contributed by atoms with Gasteiger partial charge in [0, 0.05) is 12.6 Å². The molecule has 1 aliphatic carbocycles. The predicted molar refractivity (Wildman–Crippen MR) is 84.8 cm³/mol. The van der Waals surface area contributed by atoms with E-state index in [9.17, 15) is 8.42 Å². The number of rotatable bonds is 3. The van der Waals surface area contributed by atoms with Crippen LogP contribution in [0.2, 0.25) is 0 Å². The van der Waals surface area contributed by atoms with Crippen LogP contribution in [0.3, 0.4) is 0 Å². The van der Waals surface area contributed by atoms with Crippen molar-refractivity contribution in [2.45, 2.75) is 43.0 Å². The molecular weight excluding hydrogens is 286 g/mol. The molecule has 3 rings (SSSR count). The van der Waals surface area contributed by atoms with Crippen LogP contribution < -0.4 is 15.4 Å². The molecule has 1 aromatic rings. The molecule has 0 spiro atoms. The van der Waals surface area contributed by atoms with Gasteiger partial charge in [0.05, 0.1) is 16.3 Å². The number of hydrogen-bond donors (Lipinski definition) is 2. The number of fused-ring (bicyclic) bond motifs is 1. The first-order valence-electron chi connectivity index (χ1n) is 7.62. The monoisotopic (exact) mass is 309 g/mol. The summed E-state index contributed by atoms with van der Waals surface area (Å²) in [4.78, 5) is 2.61. The van der Waals surface area contributed by atoms with Gasteiger partial charge in [-0.3, -0.25) is 0 Å². The molecule has 0 aromatic heterocycles. The molecule has 116 valence electrons. The van der Waals surface area contributed by atoms with Crippen LogP contribution in [0.1, 0.15) is 32.1 Å².